The van der Waals surface area contributed by atoms with Gasteiger partial charge < -0.3 is 5.32 Å². The summed E-state index contributed by atoms with van der Waals surface area (Å²) in [6.07, 6.45) is 0. The Bertz CT molecular complexity index is 499. The largest absolute Gasteiger partial charge is 0.356 e. The van der Waals surface area contributed by atoms with Gasteiger partial charge in [0.1, 0.15) is 16.6 Å². The number of aromatic nitrogens is 2. The zero-order valence-electron chi connectivity index (χ0n) is 8.50. The Kier molecular flexibility index (Phi) is 3.09. The minimum Gasteiger partial charge on any atom is -0.356 e. The van der Waals surface area contributed by atoms with Crippen LogP contribution in [0.1, 0.15) is 10.6 Å². The van der Waals surface area contributed by atoms with Gasteiger partial charge in [0.25, 0.3) is 0 Å². The highest BCUT2D eigenvalue weighted by molar-refractivity contribution is 7.15. The molecule has 16 heavy (non-hydrogen) atoms. The van der Waals surface area contributed by atoms with Gasteiger partial charge in [-0.1, -0.05) is 11.3 Å². The van der Waals surface area contributed by atoms with E-state index in [1.807, 2.05) is 6.92 Å². The molecule has 0 aliphatic heterocycles. The Balaban J connectivity index is 2.07. The van der Waals surface area contributed by atoms with Crippen LogP contribution in [0.2, 0.25) is 0 Å². The van der Waals surface area contributed by atoms with Gasteiger partial charge in [-0.15, -0.1) is 10.2 Å². The first-order chi connectivity index (χ1) is 7.65. The zero-order chi connectivity index (χ0) is 11.5. The van der Waals surface area contributed by atoms with Crippen LogP contribution in [0, 0.1) is 18.6 Å². The number of rotatable bonds is 3. The van der Waals surface area contributed by atoms with Crippen LogP contribution in [0.15, 0.2) is 18.2 Å². The lowest BCUT2D eigenvalue weighted by Crippen LogP contribution is -2.02. The average molecular weight is 241 g/mol. The molecule has 2 rings (SSSR count). The first-order valence-electron chi connectivity index (χ1n) is 4.63. The molecular weight excluding hydrogens is 232 g/mol. The van der Waals surface area contributed by atoms with E-state index in [0.717, 1.165) is 23.2 Å². The van der Waals surface area contributed by atoms with Crippen molar-refractivity contribution in [2.24, 2.45) is 0 Å². The fraction of sp³-hybridized carbons (Fsp3) is 0.200. The van der Waals surface area contributed by atoms with E-state index in [0.29, 0.717) is 5.13 Å². The third-order valence-corrected chi connectivity index (χ3v) is 2.76. The van der Waals surface area contributed by atoms with Crippen molar-refractivity contribution in [1.29, 1.82) is 0 Å². The van der Waals surface area contributed by atoms with Crippen LogP contribution in [0.25, 0.3) is 0 Å². The van der Waals surface area contributed by atoms with Crippen molar-refractivity contribution < 1.29 is 8.78 Å². The van der Waals surface area contributed by atoms with Crippen LogP contribution in [-0.4, -0.2) is 10.2 Å². The lowest BCUT2D eigenvalue weighted by atomic mass is 10.2. The van der Waals surface area contributed by atoms with Gasteiger partial charge in [-0.25, -0.2) is 8.78 Å². The number of hydrogen-bond donors (Lipinski definition) is 1. The molecule has 84 valence electrons. The fourth-order valence-corrected chi connectivity index (χ4v) is 1.81. The van der Waals surface area contributed by atoms with Gasteiger partial charge in [0.15, 0.2) is 0 Å². The summed E-state index contributed by atoms with van der Waals surface area (Å²) in [5, 5.41) is 11.9. The van der Waals surface area contributed by atoms with E-state index in [-0.39, 0.29) is 12.1 Å². The van der Waals surface area contributed by atoms with Crippen molar-refractivity contribution in [1.82, 2.24) is 10.2 Å². The maximum absolute atomic E-state index is 13.2. The van der Waals surface area contributed by atoms with Gasteiger partial charge in [0, 0.05) is 12.1 Å². The van der Waals surface area contributed by atoms with E-state index in [1.165, 1.54) is 11.3 Å². The summed E-state index contributed by atoms with van der Waals surface area (Å²) in [4.78, 5) is 0. The molecule has 1 aromatic heterocycles. The lowest BCUT2D eigenvalue weighted by molar-refractivity contribution is 0.587. The Hall–Kier alpha value is -1.56. The molecule has 0 spiro atoms. The minimum atomic E-state index is -0.452. The van der Waals surface area contributed by atoms with E-state index >= 15 is 0 Å². The van der Waals surface area contributed by atoms with Crippen molar-refractivity contribution in [3.05, 3.63) is 40.4 Å². The van der Waals surface area contributed by atoms with Gasteiger partial charge in [-0.05, 0) is 25.1 Å². The maximum atomic E-state index is 13.2. The van der Waals surface area contributed by atoms with Crippen molar-refractivity contribution in [3.8, 4) is 0 Å². The molecule has 0 amide bonds. The summed E-state index contributed by atoms with van der Waals surface area (Å²) < 4.78 is 26.1. The molecule has 0 bridgehead atoms. The van der Waals surface area contributed by atoms with Gasteiger partial charge in [0.2, 0.25) is 5.13 Å². The first-order valence-corrected chi connectivity index (χ1v) is 5.45. The van der Waals surface area contributed by atoms with Crippen LogP contribution >= 0.6 is 11.3 Å². The third-order valence-electron chi connectivity index (χ3n) is 1.96. The number of halogens is 2. The summed E-state index contributed by atoms with van der Waals surface area (Å²) in [5.74, 6) is -0.887. The molecule has 0 saturated heterocycles. The number of benzene rings is 1. The second kappa shape index (κ2) is 4.52. The smallest absolute Gasteiger partial charge is 0.205 e. The predicted molar refractivity (Wildman–Crippen MR) is 58.3 cm³/mol. The SMILES string of the molecule is Cc1nnc(NCc2cc(F)ccc2F)s1. The standard InChI is InChI=1S/C10H9F2N3S/c1-6-14-15-10(16-6)13-5-7-4-8(11)2-3-9(7)12/h2-4H,5H2,1H3,(H,13,15). The van der Waals surface area contributed by atoms with Crippen molar-refractivity contribution in [3.63, 3.8) is 0 Å². The third kappa shape index (κ3) is 2.52. The van der Waals surface area contributed by atoms with Crippen molar-refractivity contribution in [2.45, 2.75) is 13.5 Å². The fourth-order valence-electron chi connectivity index (χ4n) is 1.22. The molecule has 3 nitrogen and oxygen atoms in total. The van der Waals surface area contributed by atoms with Crippen LogP contribution in [-0.2, 0) is 6.54 Å². The van der Waals surface area contributed by atoms with Gasteiger partial charge in [-0.2, -0.15) is 0 Å². The molecule has 0 atom stereocenters. The van der Waals surface area contributed by atoms with E-state index in [2.05, 4.69) is 15.5 Å². The molecule has 0 saturated carbocycles. The summed E-state index contributed by atoms with van der Waals surface area (Å²) >= 11 is 1.37. The van der Waals surface area contributed by atoms with Crippen LogP contribution in [0.3, 0.4) is 0 Å². The van der Waals surface area contributed by atoms with Crippen molar-refractivity contribution in [2.75, 3.05) is 5.32 Å². The highest BCUT2D eigenvalue weighted by Gasteiger charge is 2.05. The highest BCUT2D eigenvalue weighted by Crippen LogP contribution is 2.16. The van der Waals surface area contributed by atoms with Crippen LogP contribution in [0.5, 0.6) is 0 Å². The summed E-state index contributed by atoms with van der Waals surface area (Å²) in [6.45, 7) is 2.02. The van der Waals surface area contributed by atoms with E-state index in [4.69, 9.17) is 0 Å². The number of anilines is 1. The number of hydrogen-bond acceptors (Lipinski definition) is 4. The monoisotopic (exact) mass is 241 g/mol. The average Bonchev–Trinajstić information content (AvgIpc) is 2.66. The molecule has 1 aromatic carbocycles. The maximum Gasteiger partial charge on any atom is 0.205 e. The molecule has 2 aromatic rings. The topological polar surface area (TPSA) is 37.8 Å². The number of nitrogens with zero attached hydrogens (tertiary/aromatic N) is 2. The van der Waals surface area contributed by atoms with Gasteiger partial charge in [0.05, 0.1) is 0 Å². The minimum absolute atomic E-state index is 0.193. The van der Waals surface area contributed by atoms with Gasteiger partial charge >= 0.3 is 0 Å². The molecule has 0 aliphatic carbocycles. The van der Waals surface area contributed by atoms with Crippen molar-refractivity contribution >= 4 is 16.5 Å². The normalized spacial score (nSPS) is 10.4. The molecule has 6 heteroatoms. The molecule has 0 radical (unpaired) electrons. The molecule has 1 heterocycles. The summed E-state index contributed by atoms with van der Waals surface area (Å²) in [5.41, 5.74) is 0.271. The number of nitrogens with one attached hydrogen (secondary N) is 1. The predicted octanol–water partition coefficient (Wildman–Crippen LogP) is 2.74. The number of aryl methyl sites for hydroxylation is 1. The van der Waals surface area contributed by atoms with Gasteiger partial charge in [-0.3, -0.25) is 0 Å². The quantitative estimate of drug-likeness (QED) is 0.897. The highest BCUT2D eigenvalue weighted by atomic mass is 32.1. The molecular formula is C10H9F2N3S. The molecule has 0 fully saturated rings. The van der Waals surface area contributed by atoms with E-state index < -0.39 is 11.6 Å². The van der Waals surface area contributed by atoms with Crippen LogP contribution in [0.4, 0.5) is 13.9 Å². The van der Waals surface area contributed by atoms with Crippen LogP contribution < -0.4 is 5.32 Å². The molecule has 0 aliphatic rings. The Labute approximate surface area is 95.1 Å². The zero-order valence-corrected chi connectivity index (χ0v) is 9.31. The Morgan fingerprint density at radius 2 is 2.12 bits per heavy atom. The first kappa shape index (κ1) is 10.9. The van der Waals surface area contributed by atoms with E-state index in [9.17, 15) is 8.78 Å². The molecule has 1 N–H and O–H groups in total. The Morgan fingerprint density at radius 1 is 1.31 bits per heavy atom. The lowest BCUT2D eigenvalue weighted by Gasteiger charge is -2.03. The van der Waals surface area contributed by atoms with E-state index in [1.54, 1.807) is 0 Å². The second-order valence-corrected chi connectivity index (χ2v) is 4.40. The molecule has 0 unspecified atom stereocenters. The Morgan fingerprint density at radius 3 is 2.81 bits per heavy atom. The summed E-state index contributed by atoms with van der Waals surface area (Å²) in [6, 6.07) is 3.36. The second-order valence-electron chi connectivity index (χ2n) is 3.22. The summed E-state index contributed by atoms with van der Waals surface area (Å²) in [7, 11) is 0.